The molecule has 0 spiro atoms. The van der Waals surface area contributed by atoms with E-state index in [1.165, 1.54) is 64.2 Å². The van der Waals surface area contributed by atoms with E-state index < -0.39 is 0 Å². The molecule has 0 aromatic rings. The molecule has 0 amide bonds. The third-order valence-electron chi connectivity index (χ3n) is 10.8. The maximum atomic E-state index is 10.3. The number of rotatable bonds is 5. The quantitative estimate of drug-likeness (QED) is 0.518. The second-order valence-electron chi connectivity index (χ2n) is 12.6. The largest absolute Gasteiger partial charge is 0.393 e. The van der Waals surface area contributed by atoms with Crippen molar-refractivity contribution in [1.82, 2.24) is 0 Å². The molecule has 0 aromatic heterocycles. The van der Waals surface area contributed by atoms with Crippen LogP contribution in [0.5, 0.6) is 0 Å². The van der Waals surface area contributed by atoms with Crippen molar-refractivity contribution < 1.29 is 5.11 Å². The Morgan fingerprint density at radius 2 is 1.54 bits per heavy atom. The zero-order valence-electron chi connectivity index (χ0n) is 19.6. The Hall–Kier alpha value is -0.0400. The topological polar surface area (TPSA) is 20.2 Å². The number of hydrogen-bond donors (Lipinski definition) is 1. The Morgan fingerprint density at radius 1 is 0.821 bits per heavy atom. The van der Waals surface area contributed by atoms with E-state index >= 15 is 0 Å². The van der Waals surface area contributed by atoms with Gasteiger partial charge in [0.25, 0.3) is 0 Å². The van der Waals surface area contributed by atoms with Gasteiger partial charge in [0.1, 0.15) is 0 Å². The Labute approximate surface area is 175 Å². The van der Waals surface area contributed by atoms with Gasteiger partial charge in [-0.05, 0) is 110 Å². The Balaban J connectivity index is 1.46. The van der Waals surface area contributed by atoms with Crippen molar-refractivity contribution in [1.29, 1.82) is 0 Å². The lowest BCUT2D eigenvalue weighted by Gasteiger charge is -2.61. The lowest BCUT2D eigenvalue weighted by Crippen LogP contribution is -2.54. The minimum Gasteiger partial charge on any atom is -0.393 e. The monoisotopic (exact) mass is 388 g/mol. The maximum Gasteiger partial charge on any atom is 0.0543 e. The molecule has 0 saturated heterocycles. The number of aliphatic hydroxyl groups excluding tert-OH is 1. The lowest BCUT2D eigenvalue weighted by atomic mass is 9.44. The molecule has 1 heteroatoms. The number of aliphatic hydroxyl groups is 1. The van der Waals surface area contributed by atoms with E-state index in [4.69, 9.17) is 0 Å². The first kappa shape index (κ1) is 21.2. The highest BCUT2D eigenvalue weighted by molar-refractivity contribution is 5.09. The van der Waals surface area contributed by atoms with Crippen LogP contribution in [0.15, 0.2) is 0 Å². The first-order chi connectivity index (χ1) is 13.3. The highest BCUT2D eigenvalue weighted by atomic mass is 16.3. The molecular weight excluding hydrogens is 340 g/mol. The summed E-state index contributed by atoms with van der Waals surface area (Å²) >= 11 is 0. The third kappa shape index (κ3) is 3.50. The second-order valence-corrected chi connectivity index (χ2v) is 12.6. The van der Waals surface area contributed by atoms with Crippen LogP contribution >= 0.6 is 0 Å². The van der Waals surface area contributed by atoms with Crippen LogP contribution in [0.1, 0.15) is 112 Å². The Kier molecular flexibility index (Phi) is 5.98. The molecule has 0 aromatic carbocycles. The van der Waals surface area contributed by atoms with Crippen LogP contribution in [0.25, 0.3) is 0 Å². The molecule has 4 saturated carbocycles. The van der Waals surface area contributed by atoms with Gasteiger partial charge >= 0.3 is 0 Å². The van der Waals surface area contributed by atoms with Gasteiger partial charge in [-0.2, -0.15) is 0 Å². The van der Waals surface area contributed by atoms with Crippen molar-refractivity contribution in [2.75, 3.05) is 0 Å². The lowest BCUT2D eigenvalue weighted by molar-refractivity contribution is -0.129. The molecule has 4 aliphatic rings. The summed E-state index contributed by atoms with van der Waals surface area (Å²) in [6, 6.07) is 0. The average Bonchev–Trinajstić information content (AvgIpc) is 2.99. The molecule has 28 heavy (non-hydrogen) atoms. The van der Waals surface area contributed by atoms with Gasteiger partial charge < -0.3 is 5.11 Å². The summed E-state index contributed by atoms with van der Waals surface area (Å²) < 4.78 is 0. The highest BCUT2D eigenvalue weighted by Gasteiger charge is 2.60. The fourth-order valence-corrected chi connectivity index (χ4v) is 9.26. The van der Waals surface area contributed by atoms with Crippen molar-refractivity contribution in [3.8, 4) is 0 Å². The van der Waals surface area contributed by atoms with Crippen molar-refractivity contribution >= 4 is 0 Å². The molecule has 0 radical (unpaired) electrons. The van der Waals surface area contributed by atoms with E-state index in [0.717, 1.165) is 54.3 Å². The van der Waals surface area contributed by atoms with Crippen LogP contribution < -0.4 is 0 Å². The van der Waals surface area contributed by atoms with Crippen molar-refractivity contribution in [3.63, 3.8) is 0 Å². The van der Waals surface area contributed by atoms with Crippen molar-refractivity contribution in [2.45, 2.75) is 118 Å². The molecule has 1 N–H and O–H groups in total. The van der Waals surface area contributed by atoms with Gasteiger partial charge in [0.05, 0.1) is 6.10 Å². The summed E-state index contributed by atoms with van der Waals surface area (Å²) in [4.78, 5) is 0. The molecule has 0 aliphatic heterocycles. The molecule has 9 atom stereocenters. The zero-order valence-corrected chi connectivity index (χ0v) is 19.6. The van der Waals surface area contributed by atoms with Crippen LogP contribution in [0, 0.1) is 52.3 Å². The maximum absolute atomic E-state index is 10.3. The van der Waals surface area contributed by atoms with Crippen LogP contribution in [-0.4, -0.2) is 11.2 Å². The van der Waals surface area contributed by atoms with E-state index in [9.17, 15) is 5.11 Å². The van der Waals surface area contributed by atoms with E-state index in [1.54, 1.807) is 0 Å². The number of hydrogen-bond acceptors (Lipinski definition) is 1. The van der Waals surface area contributed by atoms with Gasteiger partial charge in [0.15, 0.2) is 0 Å². The first-order valence-corrected chi connectivity index (χ1v) is 12.9. The summed E-state index contributed by atoms with van der Waals surface area (Å²) in [5, 5.41) is 10.3. The van der Waals surface area contributed by atoms with Crippen LogP contribution in [0.2, 0.25) is 0 Å². The molecule has 4 aliphatic carbocycles. The molecule has 2 unspecified atom stereocenters. The first-order valence-electron chi connectivity index (χ1n) is 12.9. The van der Waals surface area contributed by atoms with Gasteiger partial charge in [0, 0.05) is 0 Å². The summed E-state index contributed by atoms with van der Waals surface area (Å²) in [7, 11) is 0. The van der Waals surface area contributed by atoms with Gasteiger partial charge in [-0.25, -0.2) is 0 Å². The van der Waals surface area contributed by atoms with Gasteiger partial charge in [-0.3, -0.25) is 0 Å². The van der Waals surface area contributed by atoms with E-state index in [2.05, 4.69) is 34.6 Å². The molecule has 4 fully saturated rings. The van der Waals surface area contributed by atoms with Gasteiger partial charge in [-0.15, -0.1) is 0 Å². The molecule has 162 valence electrons. The Morgan fingerprint density at radius 3 is 2.29 bits per heavy atom. The van der Waals surface area contributed by atoms with Crippen molar-refractivity contribution in [2.24, 2.45) is 52.3 Å². The summed E-state index contributed by atoms with van der Waals surface area (Å²) in [5.41, 5.74) is 1.15. The highest BCUT2D eigenvalue weighted by Crippen LogP contribution is 2.68. The standard InChI is InChI=1S/C27H48O/c1-18(2)7-6-8-19(3)23-11-12-24-22-10-9-20-17-21(28)13-15-26(20,4)25(22)14-16-27(23,24)5/h18-25,28H,6-17H2,1-5H3/t19-,20+,21?,22+,23?,24+,25+,26+,27-/m1/s1. The fraction of sp³-hybridized carbons (Fsp3) is 1.00. The summed E-state index contributed by atoms with van der Waals surface area (Å²) in [6.07, 6.45) is 16.6. The van der Waals surface area contributed by atoms with Crippen LogP contribution in [-0.2, 0) is 0 Å². The molecule has 1 nitrogen and oxygen atoms in total. The van der Waals surface area contributed by atoms with Gasteiger partial charge in [0.2, 0.25) is 0 Å². The van der Waals surface area contributed by atoms with Crippen LogP contribution in [0.3, 0.4) is 0 Å². The normalized spacial score (nSPS) is 49.4. The third-order valence-corrected chi connectivity index (χ3v) is 10.8. The van der Waals surface area contributed by atoms with Gasteiger partial charge in [-0.1, -0.05) is 53.9 Å². The molecule has 0 bridgehead atoms. The fourth-order valence-electron chi connectivity index (χ4n) is 9.26. The Bertz CT molecular complexity index is 540. The predicted molar refractivity (Wildman–Crippen MR) is 119 cm³/mol. The minimum atomic E-state index is -0.00830. The molecule has 4 rings (SSSR count). The zero-order chi connectivity index (χ0) is 20.1. The molecule has 0 heterocycles. The van der Waals surface area contributed by atoms with E-state index in [0.29, 0.717) is 10.8 Å². The van der Waals surface area contributed by atoms with Crippen LogP contribution in [0.4, 0.5) is 0 Å². The summed E-state index contributed by atoms with van der Waals surface area (Å²) in [5.74, 6) is 6.49. The average molecular weight is 389 g/mol. The predicted octanol–water partition coefficient (Wildman–Crippen LogP) is 7.47. The summed E-state index contributed by atoms with van der Waals surface area (Å²) in [6.45, 7) is 12.7. The van der Waals surface area contributed by atoms with Crippen molar-refractivity contribution in [3.05, 3.63) is 0 Å². The number of fused-ring (bicyclic) bond motifs is 5. The SMILES string of the molecule is CC(C)CCC[C@@H](C)C1CC[C@H]2[C@@H]3CC[C@H]4CC(O)CC[C@]4(C)[C@H]3CC[C@]12C. The minimum absolute atomic E-state index is 0.00830. The molecular formula is C27H48O. The van der Waals surface area contributed by atoms with E-state index in [1.807, 2.05) is 0 Å². The second kappa shape index (κ2) is 7.90. The smallest absolute Gasteiger partial charge is 0.0543 e. The van der Waals surface area contributed by atoms with E-state index in [-0.39, 0.29) is 6.10 Å².